The van der Waals surface area contributed by atoms with Gasteiger partial charge in [-0.2, -0.15) is 0 Å². The molecule has 0 radical (unpaired) electrons. The number of amides is 2. The van der Waals surface area contributed by atoms with Crippen LogP contribution in [0.3, 0.4) is 0 Å². The van der Waals surface area contributed by atoms with Crippen LogP contribution in [0.25, 0.3) is 0 Å². The Morgan fingerprint density at radius 1 is 1.03 bits per heavy atom. The first-order valence-electron chi connectivity index (χ1n) is 11.0. The van der Waals surface area contributed by atoms with Crippen molar-refractivity contribution < 1.29 is 23.5 Å². The molecule has 4 rings (SSSR count). The number of ether oxygens (including phenoxy) is 2. The van der Waals surface area contributed by atoms with Gasteiger partial charge in [-0.05, 0) is 67.9 Å². The zero-order valence-electron chi connectivity index (χ0n) is 18.8. The summed E-state index contributed by atoms with van der Waals surface area (Å²) >= 11 is 3.49. The number of hydrogen-bond donors (Lipinski definition) is 1. The first-order valence-corrected chi connectivity index (χ1v) is 11.8. The highest BCUT2D eigenvalue weighted by Crippen LogP contribution is 2.39. The molecule has 1 aliphatic rings. The molecule has 8 heteroatoms. The number of benzene rings is 3. The predicted octanol–water partition coefficient (Wildman–Crippen LogP) is 5.57. The van der Waals surface area contributed by atoms with Crippen molar-refractivity contribution >= 4 is 33.4 Å². The molecule has 6 nitrogen and oxygen atoms in total. The Morgan fingerprint density at radius 2 is 1.74 bits per heavy atom. The maximum Gasteiger partial charge on any atom is 0.255 e. The Hall–Kier alpha value is -3.39. The van der Waals surface area contributed by atoms with Gasteiger partial charge in [0.2, 0.25) is 5.91 Å². The van der Waals surface area contributed by atoms with E-state index in [4.69, 9.17) is 9.47 Å². The van der Waals surface area contributed by atoms with E-state index in [-0.39, 0.29) is 24.2 Å². The largest absolute Gasteiger partial charge is 0.490 e. The van der Waals surface area contributed by atoms with Gasteiger partial charge in [0.15, 0.2) is 11.5 Å². The smallest absolute Gasteiger partial charge is 0.255 e. The molecule has 34 heavy (non-hydrogen) atoms. The molecule has 0 spiro atoms. The monoisotopic (exact) mass is 526 g/mol. The van der Waals surface area contributed by atoms with Gasteiger partial charge < -0.3 is 19.7 Å². The maximum atomic E-state index is 13.8. The summed E-state index contributed by atoms with van der Waals surface area (Å²) in [6.07, 6.45) is 0. The summed E-state index contributed by atoms with van der Waals surface area (Å²) in [5.41, 5.74) is 2.35. The molecule has 3 aromatic rings. The second-order valence-electron chi connectivity index (χ2n) is 7.69. The quantitative estimate of drug-likeness (QED) is 0.455. The van der Waals surface area contributed by atoms with Crippen LogP contribution in [-0.2, 0) is 4.79 Å². The van der Waals surface area contributed by atoms with Crippen molar-refractivity contribution in [3.63, 3.8) is 0 Å². The number of carbonyl (C=O) groups is 2. The van der Waals surface area contributed by atoms with E-state index in [2.05, 4.69) is 21.2 Å². The van der Waals surface area contributed by atoms with Crippen LogP contribution >= 0.6 is 15.9 Å². The van der Waals surface area contributed by atoms with E-state index in [1.807, 2.05) is 26.0 Å². The number of carbonyl (C=O) groups excluding carboxylic acids is 2. The lowest BCUT2D eigenvalue weighted by Crippen LogP contribution is -2.39. The van der Waals surface area contributed by atoms with E-state index in [0.29, 0.717) is 41.5 Å². The Balaban J connectivity index is 1.83. The SMILES string of the molecule is CCOc1ccc(C(=O)N2CC(=O)Nc3ccc(Br)cc3[C@H]2c2ccc(F)cc2)cc1OCC. The minimum absolute atomic E-state index is 0.176. The van der Waals surface area contributed by atoms with Gasteiger partial charge in [0.05, 0.1) is 19.3 Å². The average molecular weight is 527 g/mol. The summed E-state index contributed by atoms with van der Waals surface area (Å²) in [6.45, 7) is 4.40. The Kier molecular flexibility index (Phi) is 7.17. The first-order chi connectivity index (χ1) is 16.4. The van der Waals surface area contributed by atoms with Crippen molar-refractivity contribution in [3.05, 3.63) is 87.6 Å². The molecule has 0 saturated heterocycles. The fourth-order valence-corrected chi connectivity index (χ4v) is 4.40. The summed E-state index contributed by atoms with van der Waals surface area (Å²) in [5.74, 6) is -0.0691. The van der Waals surface area contributed by atoms with E-state index in [1.165, 1.54) is 17.0 Å². The molecule has 0 bridgehead atoms. The molecule has 0 fully saturated rings. The molecule has 1 heterocycles. The zero-order valence-corrected chi connectivity index (χ0v) is 20.4. The van der Waals surface area contributed by atoms with E-state index in [9.17, 15) is 14.0 Å². The molecule has 176 valence electrons. The second kappa shape index (κ2) is 10.3. The molecule has 3 aromatic carbocycles. The van der Waals surface area contributed by atoms with Gasteiger partial charge in [0.25, 0.3) is 5.91 Å². The topological polar surface area (TPSA) is 67.9 Å². The van der Waals surface area contributed by atoms with Gasteiger partial charge in [0.1, 0.15) is 12.4 Å². The van der Waals surface area contributed by atoms with Gasteiger partial charge in [-0.25, -0.2) is 4.39 Å². The standard InChI is InChI=1S/C26H24BrFN2O4/c1-3-33-22-12-7-17(13-23(22)34-4-2)26(32)30-15-24(31)29-21-11-8-18(27)14-20(21)25(30)16-5-9-19(28)10-6-16/h5-14,25H,3-4,15H2,1-2H3,(H,29,31)/t25-/m1/s1. The molecule has 1 N–H and O–H groups in total. The lowest BCUT2D eigenvalue weighted by Gasteiger charge is -2.31. The zero-order chi connectivity index (χ0) is 24.2. The lowest BCUT2D eigenvalue weighted by atomic mass is 9.95. The molecule has 1 aliphatic heterocycles. The van der Waals surface area contributed by atoms with Crippen molar-refractivity contribution in [1.82, 2.24) is 4.90 Å². The van der Waals surface area contributed by atoms with E-state index in [1.54, 1.807) is 36.4 Å². The van der Waals surface area contributed by atoms with E-state index < -0.39 is 6.04 Å². The summed E-state index contributed by atoms with van der Waals surface area (Å²) < 4.78 is 25.8. The third-order valence-electron chi connectivity index (χ3n) is 5.44. The third kappa shape index (κ3) is 4.92. The Morgan fingerprint density at radius 3 is 2.44 bits per heavy atom. The van der Waals surface area contributed by atoms with Gasteiger partial charge in [-0.15, -0.1) is 0 Å². The van der Waals surface area contributed by atoms with Crippen molar-refractivity contribution in [2.45, 2.75) is 19.9 Å². The highest BCUT2D eigenvalue weighted by Gasteiger charge is 2.34. The van der Waals surface area contributed by atoms with Crippen LogP contribution in [0.15, 0.2) is 65.1 Å². The molecule has 2 amide bonds. The molecule has 1 atom stereocenters. The fourth-order valence-electron chi connectivity index (χ4n) is 4.02. The molecule has 0 aromatic heterocycles. The van der Waals surface area contributed by atoms with Crippen LogP contribution in [0, 0.1) is 5.82 Å². The summed E-state index contributed by atoms with van der Waals surface area (Å²) in [5, 5.41) is 2.88. The number of nitrogens with zero attached hydrogens (tertiary/aromatic N) is 1. The predicted molar refractivity (Wildman–Crippen MR) is 131 cm³/mol. The second-order valence-corrected chi connectivity index (χ2v) is 8.61. The van der Waals surface area contributed by atoms with Crippen molar-refractivity contribution in [3.8, 4) is 11.5 Å². The van der Waals surface area contributed by atoms with Crippen molar-refractivity contribution in [2.75, 3.05) is 25.1 Å². The van der Waals surface area contributed by atoms with Crippen LogP contribution in [-0.4, -0.2) is 36.5 Å². The van der Waals surface area contributed by atoms with E-state index in [0.717, 1.165) is 10.0 Å². The number of rotatable bonds is 6. The van der Waals surface area contributed by atoms with Gasteiger partial charge >= 0.3 is 0 Å². The number of halogens is 2. The number of hydrogen-bond acceptors (Lipinski definition) is 4. The van der Waals surface area contributed by atoms with Crippen molar-refractivity contribution in [1.29, 1.82) is 0 Å². The van der Waals surface area contributed by atoms with Crippen LogP contribution in [0.5, 0.6) is 11.5 Å². The fraction of sp³-hybridized carbons (Fsp3) is 0.231. The van der Waals surface area contributed by atoms with E-state index >= 15 is 0 Å². The van der Waals surface area contributed by atoms with Crippen molar-refractivity contribution in [2.24, 2.45) is 0 Å². The molecule has 0 aliphatic carbocycles. The molecule has 0 unspecified atom stereocenters. The maximum absolute atomic E-state index is 13.8. The van der Waals surface area contributed by atoms with Crippen LogP contribution in [0.1, 0.15) is 41.4 Å². The number of fused-ring (bicyclic) bond motifs is 1. The molecular weight excluding hydrogens is 503 g/mol. The van der Waals surface area contributed by atoms with Gasteiger partial charge in [-0.1, -0.05) is 28.1 Å². The highest BCUT2D eigenvalue weighted by molar-refractivity contribution is 9.10. The number of nitrogens with one attached hydrogen (secondary N) is 1. The highest BCUT2D eigenvalue weighted by atomic mass is 79.9. The first kappa shape index (κ1) is 23.8. The average Bonchev–Trinajstić information content (AvgIpc) is 2.96. The van der Waals surface area contributed by atoms with Gasteiger partial charge in [0, 0.05) is 21.3 Å². The Bertz CT molecular complexity index is 1220. The summed E-state index contributed by atoms with van der Waals surface area (Å²) in [6, 6.07) is 15.8. The summed E-state index contributed by atoms with van der Waals surface area (Å²) in [4.78, 5) is 28.1. The van der Waals surface area contributed by atoms with Crippen LogP contribution < -0.4 is 14.8 Å². The van der Waals surface area contributed by atoms with Gasteiger partial charge in [-0.3, -0.25) is 9.59 Å². The lowest BCUT2D eigenvalue weighted by molar-refractivity contribution is -0.117. The Labute approximate surface area is 205 Å². The number of anilines is 1. The summed E-state index contributed by atoms with van der Waals surface area (Å²) in [7, 11) is 0. The minimum Gasteiger partial charge on any atom is -0.490 e. The van der Waals surface area contributed by atoms with Crippen LogP contribution in [0.4, 0.5) is 10.1 Å². The van der Waals surface area contributed by atoms with Crippen LogP contribution in [0.2, 0.25) is 0 Å². The molecular formula is C26H24BrFN2O4. The minimum atomic E-state index is -0.623. The normalized spacial score (nSPS) is 15.2. The molecule has 0 saturated carbocycles. The third-order valence-corrected chi connectivity index (χ3v) is 5.94.